The van der Waals surface area contributed by atoms with Crippen molar-refractivity contribution in [3.8, 4) is 0 Å². The molecule has 1 heterocycles. The van der Waals surface area contributed by atoms with Gasteiger partial charge in [0.25, 0.3) is 0 Å². The molecule has 15 heavy (non-hydrogen) atoms. The van der Waals surface area contributed by atoms with Crippen molar-refractivity contribution < 1.29 is 4.74 Å². The van der Waals surface area contributed by atoms with Crippen molar-refractivity contribution in [2.45, 2.75) is 39.3 Å². The van der Waals surface area contributed by atoms with E-state index in [-0.39, 0.29) is 0 Å². The zero-order chi connectivity index (χ0) is 10.9. The Bertz CT molecular complexity index is 237. The Morgan fingerprint density at radius 2 is 2.33 bits per heavy atom. The Hall–Kier alpha value is -0.940. The maximum absolute atomic E-state index is 5.36. The summed E-state index contributed by atoms with van der Waals surface area (Å²) in [5.41, 5.74) is 1.04. The van der Waals surface area contributed by atoms with E-state index < -0.39 is 0 Å². The highest BCUT2D eigenvalue weighted by Crippen LogP contribution is 2.02. The lowest BCUT2D eigenvalue weighted by Crippen LogP contribution is -2.13. The summed E-state index contributed by atoms with van der Waals surface area (Å²) in [6.45, 7) is 4.25. The zero-order valence-corrected chi connectivity index (χ0v) is 9.57. The minimum Gasteiger partial charge on any atom is -0.360 e. The Balaban J connectivity index is 2.32. The van der Waals surface area contributed by atoms with Gasteiger partial charge in [-0.2, -0.15) is 0 Å². The van der Waals surface area contributed by atoms with Crippen LogP contribution in [0.1, 0.15) is 31.9 Å². The average Bonchev–Trinajstić information content (AvgIpc) is 2.67. The van der Waals surface area contributed by atoms with Crippen LogP contribution in [-0.2, 0) is 17.9 Å². The van der Waals surface area contributed by atoms with Crippen LogP contribution in [0.25, 0.3) is 0 Å². The van der Waals surface area contributed by atoms with Gasteiger partial charge < -0.3 is 4.74 Å². The van der Waals surface area contributed by atoms with E-state index >= 15 is 0 Å². The third kappa shape index (κ3) is 4.40. The first kappa shape index (κ1) is 12.1. The average molecular weight is 212 g/mol. The van der Waals surface area contributed by atoms with E-state index in [2.05, 4.69) is 22.6 Å². The van der Waals surface area contributed by atoms with Crippen LogP contribution in [0.5, 0.6) is 0 Å². The van der Waals surface area contributed by atoms with Gasteiger partial charge in [0.2, 0.25) is 0 Å². The molecule has 0 atom stereocenters. The molecule has 5 heteroatoms. The van der Waals surface area contributed by atoms with Gasteiger partial charge in [-0.25, -0.2) is 4.68 Å². The van der Waals surface area contributed by atoms with E-state index in [4.69, 9.17) is 4.74 Å². The molecule has 1 aromatic rings. The van der Waals surface area contributed by atoms with Crippen molar-refractivity contribution in [3.63, 3.8) is 0 Å². The highest BCUT2D eigenvalue weighted by molar-refractivity contribution is 4.91. The fourth-order valence-electron chi connectivity index (χ4n) is 1.35. The van der Waals surface area contributed by atoms with Crippen molar-refractivity contribution in [2.24, 2.45) is 0 Å². The van der Waals surface area contributed by atoms with Crippen LogP contribution in [0.15, 0.2) is 6.20 Å². The first-order valence-corrected chi connectivity index (χ1v) is 5.48. The molecule has 0 amide bonds. The van der Waals surface area contributed by atoms with Crippen molar-refractivity contribution in [1.29, 1.82) is 0 Å². The molecular weight excluding hydrogens is 192 g/mol. The number of aryl methyl sites for hydroxylation is 1. The summed E-state index contributed by atoms with van der Waals surface area (Å²) < 4.78 is 7.28. The molecule has 1 aromatic heterocycles. The van der Waals surface area contributed by atoms with Crippen LogP contribution in [-0.4, -0.2) is 28.8 Å². The lowest BCUT2D eigenvalue weighted by Gasteiger charge is -2.06. The number of nitrogens with one attached hydrogen (secondary N) is 1. The van der Waals surface area contributed by atoms with E-state index in [1.807, 2.05) is 11.7 Å². The molecule has 1 rings (SSSR count). The Morgan fingerprint density at radius 1 is 1.47 bits per heavy atom. The van der Waals surface area contributed by atoms with Crippen molar-refractivity contribution in [3.05, 3.63) is 11.9 Å². The van der Waals surface area contributed by atoms with Gasteiger partial charge in [-0.15, -0.1) is 5.10 Å². The highest BCUT2D eigenvalue weighted by atomic mass is 16.5. The molecule has 0 aliphatic rings. The number of hydrogen-bond acceptors (Lipinski definition) is 4. The molecule has 5 nitrogen and oxygen atoms in total. The first-order chi connectivity index (χ1) is 7.38. The Labute approximate surface area is 90.8 Å². The molecule has 0 aromatic carbocycles. The third-order valence-electron chi connectivity index (χ3n) is 2.17. The molecule has 86 valence electrons. The quantitative estimate of drug-likeness (QED) is 0.519. The van der Waals surface area contributed by atoms with Crippen LogP contribution < -0.4 is 5.32 Å². The zero-order valence-electron chi connectivity index (χ0n) is 9.57. The second-order valence-electron chi connectivity index (χ2n) is 3.50. The predicted octanol–water partition coefficient (Wildman–Crippen LogP) is 1.16. The van der Waals surface area contributed by atoms with Gasteiger partial charge in [-0.3, -0.25) is 5.32 Å². The van der Waals surface area contributed by atoms with Crippen molar-refractivity contribution >= 4 is 0 Å². The Morgan fingerprint density at radius 3 is 3.07 bits per heavy atom. The summed E-state index contributed by atoms with van der Waals surface area (Å²) in [6, 6.07) is 0. The summed E-state index contributed by atoms with van der Waals surface area (Å²) in [7, 11) is 1.86. The number of hydrogen-bond donors (Lipinski definition) is 1. The van der Waals surface area contributed by atoms with E-state index in [1.54, 1.807) is 6.20 Å². The van der Waals surface area contributed by atoms with Gasteiger partial charge in [-0.1, -0.05) is 25.0 Å². The second-order valence-corrected chi connectivity index (χ2v) is 3.50. The lowest BCUT2D eigenvalue weighted by atomic mass is 10.2. The number of unbranched alkanes of at least 4 members (excludes halogenated alkanes) is 2. The van der Waals surface area contributed by atoms with Gasteiger partial charge in [-0.05, 0) is 13.5 Å². The van der Waals surface area contributed by atoms with Gasteiger partial charge in [0.1, 0.15) is 0 Å². The van der Waals surface area contributed by atoms with Crippen LogP contribution in [0, 0.1) is 0 Å². The number of aromatic nitrogens is 3. The summed E-state index contributed by atoms with van der Waals surface area (Å²) in [5.74, 6) is 0. The van der Waals surface area contributed by atoms with E-state index in [1.165, 1.54) is 12.8 Å². The van der Waals surface area contributed by atoms with Crippen LogP contribution in [0.3, 0.4) is 0 Å². The SMILES string of the molecule is CCCCCn1nncc1COCNC. The molecule has 0 saturated carbocycles. The van der Waals surface area contributed by atoms with Crippen molar-refractivity contribution in [2.75, 3.05) is 13.8 Å². The summed E-state index contributed by atoms with van der Waals surface area (Å²) in [4.78, 5) is 0. The van der Waals surface area contributed by atoms with Gasteiger partial charge in [0, 0.05) is 6.54 Å². The smallest absolute Gasteiger partial charge is 0.0968 e. The first-order valence-electron chi connectivity index (χ1n) is 5.48. The molecule has 0 fully saturated rings. The molecule has 0 radical (unpaired) electrons. The molecule has 0 aliphatic heterocycles. The second kappa shape index (κ2) is 7.36. The van der Waals surface area contributed by atoms with Crippen LogP contribution in [0.4, 0.5) is 0 Å². The normalized spacial score (nSPS) is 10.8. The largest absolute Gasteiger partial charge is 0.360 e. The summed E-state index contributed by atoms with van der Waals surface area (Å²) in [5, 5.41) is 10.9. The Kier molecular flexibility index (Phi) is 5.96. The van der Waals surface area contributed by atoms with E-state index in [0.29, 0.717) is 13.3 Å². The van der Waals surface area contributed by atoms with E-state index in [9.17, 15) is 0 Å². The summed E-state index contributed by atoms with van der Waals surface area (Å²) >= 11 is 0. The molecule has 1 N–H and O–H groups in total. The minimum atomic E-state index is 0.556. The molecular formula is C10H20N4O. The lowest BCUT2D eigenvalue weighted by molar-refractivity contribution is 0.103. The molecule has 0 aliphatic carbocycles. The van der Waals surface area contributed by atoms with Crippen molar-refractivity contribution in [1.82, 2.24) is 20.3 Å². The number of ether oxygens (including phenoxy) is 1. The van der Waals surface area contributed by atoms with Gasteiger partial charge in [0.05, 0.1) is 25.2 Å². The highest BCUT2D eigenvalue weighted by Gasteiger charge is 2.02. The third-order valence-corrected chi connectivity index (χ3v) is 2.17. The molecule has 0 bridgehead atoms. The maximum atomic E-state index is 5.36. The van der Waals surface area contributed by atoms with E-state index in [0.717, 1.165) is 18.7 Å². The topological polar surface area (TPSA) is 52.0 Å². The molecule has 0 unspecified atom stereocenters. The van der Waals surface area contributed by atoms with Gasteiger partial charge >= 0.3 is 0 Å². The summed E-state index contributed by atoms with van der Waals surface area (Å²) in [6.07, 6.45) is 5.37. The van der Waals surface area contributed by atoms with Crippen LogP contribution in [0.2, 0.25) is 0 Å². The maximum Gasteiger partial charge on any atom is 0.0968 e. The fourth-order valence-corrected chi connectivity index (χ4v) is 1.35. The predicted molar refractivity (Wildman–Crippen MR) is 58.3 cm³/mol. The molecule has 0 spiro atoms. The standard InChI is InChI=1S/C10H20N4O/c1-3-4-5-6-14-10(7-12-13-14)8-15-9-11-2/h7,11H,3-6,8-9H2,1-2H3. The minimum absolute atomic E-state index is 0.556. The monoisotopic (exact) mass is 212 g/mol. The van der Waals surface area contributed by atoms with Gasteiger partial charge in [0.15, 0.2) is 0 Å². The number of rotatable bonds is 8. The van der Waals surface area contributed by atoms with Crippen LogP contribution >= 0.6 is 0 Å². The fraction of sp³-hybridized carbons (Fsp3) is 0.800. The number of nitrogens with zero attached hydrogens (tertiary/aromatic N) is 3. The molecule has 0 saturated heterocycles.